The zero-order valence-corrected chi connectivity index (χ0v) is 13.0. The summed E-state index contributed by atoms with van der Waals surface area (Å²) in [4.78, 5) is 14.2. The van der Waals surface area contributed by atoms with Gasteiger partial charge >= 0.3 is 0 Å². The fourth-order valence-corrected chi connectivity index (χ4v) is 3.41. The van der Waals surface area contributed by atoms with Gasteiger partial charge in [-0.3, -0.25) is 4.79 Å². The van der Waals surface area contributed by atoms with Crippen molar-refractivity contribution in [1.29, 1.82) is 0 Å². The minimum absolute atomic E-state index is 0.0407. The molecule has 2 fully saturated rings. The van der Waals surface area contributed by atoms with E-state index in [1.807, 2.05) is 0 Å². The van der Waals surface area contributed by atoms with Crippen molar-refractivity contribution in [3.8, 4) is 0 Å². The largest absolute Gasteiger partial charge is 0.380 e. The maximum atomic E-state index is 13.3. The van der Waals surface area contributed by atoms with Crippen LogP contribution in [0.5, 0.6) is 0 Å². The third-order valence-electron chi connectivity index (χ3n) is 4.50. The summed E-state index contributed by atoms with van der Waals surface area (Å²) in [5, 5.41) is 10.5. The van der Waals surface area contributed by atoms with Gasteiger partial charge in [0.1, 0.15) is 17.5 Å². The number of carbonyl (C=O) groups excluding carboxylic acids is 1. The Kier molecular flexibility index (Phi) is 4.39. The van der Waals surface area contributed by atoms with Crippen molar-refractivity contribution in [2.24, 2.45) is 0 Å². The molecular formula is C16H19ClFNO3. The van der Waals surface area contributed by atoms with Crippen LogP contribution in [-0.4, -0.2) is 41.2 Å². The first kappa shape index (κ1) is 15.7. The molecule has 6 heteroatoms. The van der Waals surface area contributed by atoms with E-state index in [-0.39, 0.29) is 17.0 Å². The molecule has 0 bridgehead atoms. The van der Waals surface area contributed by atoms with Gasteiger partial charge in [0.15, 0.2) is 0 Å². The SMILES string of the molecule is O=C(N1CCO[C@@H](c2ccc(F)c(Cl)c2)C1)C1(O)CCCC1. The molecule has 0 radical (unpaired) electrons. The first-order chi connectivity index (χ1) is 10.5. The highest BCUT2D eigenvalue weighted by atomic mass is 35.5. The molecule has 1 atom stereocenters. The molecule has 1 aromatic carbocycles. The van der Waals surface area contributed by atoms with E-state index in [1.54, 1.807) is 11.0 Å². The van der Waals surface area contributed by atoms with Crippen molar-refractivity contribution in [3.63, 3.8) is 0 Å². The number of aliphatic hydroxyl groups is 1. The zero-order chi connectivity index (χ0) is 15.7. The average Bonchev–Trinajstić information content (AvgIpc) is 2.97. The Morgan fingerprint density at radius 2 is 2.14 bits per heavy atom. The lowest BCUT2D eigenvalue weighted by molar-refractivity contribution is -0.158. The van der Waals surface area contributed by atoms with Crippen molar-refractivity contribution in [1.82, 2.24) is 4.90 Å². The van der Waals surface area contributed by atoms with Gasteiger partial charge in [0, 0.05) is 6.54 Å². The predicted molar refractivity (Wildman–Crippen MR) is 80.1 cm³/mol. The molecule has 3 rings (SSSR count). The van der Waals surface area contributed by atoms with Gasteiger partial charge < -0.3 is 14.7 Å². The van der Waals surface area contributed by atoms with Crippen LogP contribution in [0, 0.1) is 5.82 Å². The van der Waals surface area contributed by atoms with Crippen molar-refractivity contribution in [2.75, 3.05) is 19.7 Å². The Morgan fingerprint density at radius 3 is 2.82 bits per heavy atom. The number of amides is 1. The second kappa shape index (κ2) is 6.14. The highest BCUT2D eigenvalue weighted by Gasteiger charge is 2.42. The molecule has 1 heterocycles. The van der Waals surface area contributed by atoms with Crippen LogP contribution in [0.1, 0.15) is 37.4 Å². The number of hydrogen-bond donors (Lipinski definition) is 1. The standard InChI is InChI=1S/C16H19ClFNO3/c17-12-9-11(3-4-13(12)18)14-10-19(7-8-22-14)15(20)16(21)5-1-2-6-16/h3-4,9,14,21H,1-2,5-8,10H2/t14-/m1/s1. The van der Waals surface area contributed by atoms with E-state index in [1.165, 1.54) is 12.1 Å². The van der Waals surface area contributed by atoms with E-state index >= 15 is 0 Å². The van der Waals surface area contributed by atoms with Gasteiger partial charge in [-0.2, -0.15) is 0 Å². The minimum atomic E-state index is -1.22. The van der Waals surface area contributed by atoms with E-state index < -0.39 is 11.4 Å². The first-order valence-electron chi connectivity index (χ1n) is 7.58. The van der Waals surface area contributed by atoms with Crippen LogP contribution < -0.4 is 0 Å². The molecule has 0 unspecified atom stereocenters. The molecule has 4 nitrogen and oxygen atoms in total. The normalized spacial score (nSPS) is 24.5. The number of morpholine rings is 1. The molecule has 1 aliphatic heterocycles. The van der Waals surface area contributed by atoms with Crippen LogP contribution in [0.2, 0.25) is 5.02 Å². The quantitative estimate of drug-likeness (QED) is 0.908. The van der Waals surface area contributed by atoms with Crippen LogP contribution in [-0.2, 0) is 9.53 Å². The third kappa shape index (κ3) is 2.98. The molecule has 1 saturated carbocycles. The number of nitrogens with zero attached hydrogens (tertiary/aromatic N) is 1. The molecular weight excluding hydrogens is 309 g/mol. The molecule has 0 spiro atoms. The second-order valence-corrected chi connectivity index (χ2v) is 6.43. The van der Waals surface area contributed by atoms with Gasteiger partial charge in [0.25, 0.3) is 5.91 Å². The smallest absolute Gasteiger partial charge is 0.254 e. The van der Waals surface area contributed by atoms with Crippen molar-refractivity contribution >= 4 is 17.5 Å². The van der Waals surface area contributed by atoms with E-state index in [9.17, 15) is 14.3 Å². The fraction of sp³-hybridized carbons (Fsp3) is 0.562. The Bertz CT molecular complexity index is 575. The molecule has 1 N–H and O–H groups in total. The number of hydrogen-bond acceptors (Lipinski definition) is 3. The number of ether oxygens (including phenoxy) is 1. The number of benzene rings is 1. The number of halogens is 2. The highest BCUT2D eigenvalue weighted by Crippen LogP contribution is 2.33. The van der Waals surface area contributed by atoms with E-state index in [2.05, 4.69) is 0 Å². The van der Waals surface area contributed by atoms with Crippen LogP contribution >= 0.6 is 11.6 Å². The molecule has 0 aromatic heterocycles. The molecule has 1 aromatic rings. The summed E-state index contributed by atoms with van der Waals surface area (Å²) in [5.74, 6) is -0.694. The Hall–Kier alpha value is -1.17. The van der Waals surface area contributed by atoms with Crippen LogP contribution in [0.4, 0.5) is 4.39 Å². The van der Waals surface area contributed by atoms with Gasteiger partial charge in [-0.1, -0.05) is 17.7 Å². The summed E-state index contributed by atoms with van der Waals surface area (Å²) in [5.41, 5.74) is -0.482. The van der Waals surface area contributed by atoms with Crippen molar-refractivity contribution in [3.05, 3.63) is 34.6 Å². The molecule has 1 aliphatic carbocycles. The summed E-state index contributed by atoms with van der Waals surface area (Å²) in [6.07, 6.45) is 2.46. The van der Waals surface area contributed by atoms with Crippen LogP contribution in [0.25, 0.3) is 0 Å². The Morgan fingerprint density at radius 1 is 1.41 bits per heavy atom. The summed E-state index contributed by atoms with van der Waals surface area (Å²) in [7, 11) is 0. The summed E-state index contributed by atoms with van der Waals surface area (Å²) < 4.78 is 18.9. The van der Waals surface area contributed by atoms with Gasteiger partial charge in [-0.15, -0.1) is 0 Å². The zero-order valence-electron chi connectivity index (χ0n) is 12.2. The number of carbonyl (C=O) groups is 1. The highest BCUT2D eigenvalue weighted by molar-refractivity contribution is 6.30. The minimum Gasteiger partial charge on any atom is -0.380 e. The van der Waals surface area contributed by atoms with E-state index in [0.29, 0.717) is 32.5 Å². The summed E-state index contributed by atoms with van der Waals surface area (Å²) in [6.45, 7) is 1.21. The maximum absolute atomic E-state index is 13.3. The van der Waals surface area contributed by atoms with Gasteiger partial charge in [-0.25, -0.2) is 4.39 Å². The summed E-state index contributed by atoms with van der Waals surface area (Å²) in [6, 6.07) is 4.44. The van der Waals surface area contributed by atoms with Gasteiger partial charge in [0.05, 0.1) is 18.2 Å². The molecule has 120 valence electrons. The van der Waals surface area contributed by atoms with Crippen molar-refractivity contribution < 1.29 is 19.0 Å². The lowest BCUT2D eigenvalue weighted by Gasteiger charge is -2.37. The van der Waals surface area contributed by atoms with Crippen LogP contribution in [0.3, 0.4) is 0 Å². The van der Waals surface area contributed by atoms with Crippen LogP contribution in [0.15, 0.2) is 18.2 Å². The number of rotatable bonds is 2. The average molecular weight is 328 g/mol. The summed E-state index contributed by atoms with van der Waals surface area (Å²) >= 11 is 5.81. The molecule has 1 amide bonds. The van der Waals surface area contributed by atoms with Gasteiger partial charge in [0.2, 0.25) is 0 Å². The molecule has 22 heavy (non-hydrogen) atoms. The maximum Gasteiger partial charge on any atom is 0.254 e. The first-order valence-corrected chi connectivity index (χ1v) is 7.96. The van der Waals surface area contributed by atoms with E-state index in [0.717, 1.165) is 18.4 Å². The fourth-order valence-electron chi connectivity index (χ4n) is 3.22. The topological polar surface area (TPSA) is 49.8 Å². The third-order valence-corrected chi connectivity index (χ3v) is 4.79. The second-order valence-electron chi connectivity index (χ2n) is 6.02. The lowest BCUT2D eigenvalue weighted by atomic mass is 9.99. The Balaban J connectivity index is 1.73. The monoisotopic (exact) mass is 327 g/mol. The molecule has 1 saturated heterocycles. The Labute approximate surface area is 133 Å². The molecule has 2 aliphatic rings. The predicted octanol–water partition coefficient (Wildman–Crippen LogP) is 2.68. The lowest BCUT2D eigenvalue weighted by Crippen LogP contribution is -2.51. The van der Waals surface area contributed by atoms with E-state index in [4.69, 9.17) is 16.3 Å². The van der Waals surface area contributed by atoms with Gasteiger partial charge in [-0.05, 0) is 43.4 Å². The van der Waals surface area contributed by atoms with Crippen molar-refractivity contribution in [2.45, 2.75) is 37.4 Å².